The monoisotopic (exact) mass is 347 g/mol. The summed E-state index contributed by atoms with van der Waals surface area (Å²) < 4.78 is 0. The molecular formula is C20H14ClN3O. The Hall–Kier alpha value is -2.98. The van der Waals surface area contributed by atoms with Crippen molar-refractivity contribution in [3.63, 3.8) is 0 Å². The van der Waals surface area contributed by atoms with E-state index in [-0.39, 0.29) is 5.91 Å². The first-order chi connectivity index (χ1) is 12.2. The maximum atomic E-state index is 12.7. The molecule has 0 saturated heterocycles. The molecule has 25 heavy (non-hydrogen) atoms. The van der Waals surface area contributed by atoms with Crippen LogP contribution < -0.4 is 5.32 Å². The number of carbonyl (C=O) groups excluding carboxylic acids is 1. The van der Waals surface area contributed by atoms with Crippen molar-refractivity contribution >= 4 is 39.2 Å². The van der Waals surface area contributed by atoms with Gasteiger partial charge in [0.05, 0.1) is 11.1 Å². The van der Waals surface area contributed by atoms with Crippen molar-refractivity contribution in [1.29, 1.82) is 0 Å². The smallest absolute Gasteiger partial charge is 0.253 e. The predicted molar refractivity (Wildman–Crippen MR) is 99.7 cm³/mol. The van der Waals surface area contributed by atoms with Crippen LogP contribution in [0.25, 0.3) is 21.7 Å². The second-order valence-electron chi connectivity index (χ2n) is 5.72. The Bertz CT molecular complexity index is 1080. The van der Waals surface area contributed by atoms with Gasteiger partial charge in [-0.05, 0) is 34.5 Å². The summed E-state index contributed by atoms with van der Waals surface area (Å²) in [5.41, 5.74) is 2.15. The normalized spacial score (nSPS) is 10.9. The number of amides is 1. The first kappa shape index (κ1) is 15.5. The summed E-state index contributed by atoms with van der Waals surface area (Å²) >= 11 is 5.78. The molecule has 2 heterocycles. The van der Waals surface area contributed by atoms with Gasteiger partial charge in [-0.15, -0.1) is 0 Å². The SMILES string of the molecule is O=C(NCc1ccc(Cl)nc1)c1cc2ccccc2c2cccnc12. The minimum Gasteiger partial charge on any atom is -0.348 e. The second kappa shape index (κ2) is 6.49. The summed E-state index contributed by atoms with van der Waals surface area (Å²) in [6, 6.07) is 17.3. The fourth-order valence-corrected chi connectivity index (χ4v) is 3.00. The maximum absolute atomic E-state index is 12.7. The lowest BCUT2D eigenvalue weighted by Gasteiger charge is -2.10. The number of carbonyl (C=O) groups is 1. The van der Waals surface area contributed by atoms with E-state index in [9.17, 15) is 4.79 Å². The van der Waals surface area contributed by atoms with E-state index in [2.05, 4.69) is 15.3 Å². The minimum atomic E-state index is -0.163. The second-order valence-corrected chi connectivity index (χ2v) is 6.10. The molecule has 0 fully saturated rings. The Morgan fingerprint density at radius 1 is 1.00 bits per heavy atom. The standard InChI is InChI=1S/C20H14ClN3O/c21-18-8-7-13(11-23-18)12-24-20(25)17-10-14-4-1-2-5-15(14)16-6-3-9-22-19(16)17/h1-11H,12H2,(H,24,25). The third kappa shape index (κ3) is 3.04. The number of halogens is 1. The fraction of sp³-hybridized carbons (Fsp3) is 0.0500. The molecule has 0 spiro atoms. The van der Waals surface area contributed by atoms with E-state index in [1.165, 1.54) is 0 Å². The molecule has 0 radical (unpaired) electrons. The highest BCUT2D eigenvalue weighted by Crippen LogP contribution is 2.27. The van der Waals surface area contributed by atoms with E-state index >= 15 is 0 Å². The molecule has 0 atom stereocenters. The number of rotatable bonds is 3. The van der Waals surface area contributed by atoms with Crippen molar-refractivity contribution in [2.24, 2.45) is 0 Å². The Morgan fingerprint density at radius 2 is 1.84 bits per heavy atom. The molecule has 1 amide bonds. The Kier molecular flexibility index (Phi) is 4.04. The van der Waals surface area contributed by atoms with Gasteiger partial charge in [-0.25, -0.2) is 4.98 Å². The molecule has 5 heteroatoms. The number of nitrogens with one attached hydrogen (secondary N) is 1. The Labute approximate surface area is 149 Å². The van der Waals surface area contributed by atoms with Crippen LogP contribution >= 0.6 is 11.6 Å². The number of pyridine rings is 2. The first-order valence-electron chi connectivity index (χ1n) is 7.87. The molecule has 4 rings (SSSR count). The average Bonchev–Trinajstić information content (AvgIpc) is 2.66. The zero-order chi connectivity index (χ0) is 17.2. The van der Waals surface area contributed by atoms with E-state index in [0.717, 1.165) is 21.7 Å². The van der Waals surface area contributed by atoms with E-state index in [1.54, 1.807) is 18.5 Å². The largest absolute Gasteiger partial charge is 0.348 e. The molecule has 122 valence electrons. The van der Waals surface area contributed by atoms with Gasteiger partial charge in [0.15, 0.2) is 0 Å². The molecule has 0 bridgehead atoms. The average molecular weight is 348 g/mol. The third-order valence-electron chi connectivity index (χ3n) is 4.10. The lowest BCUT2D eigenvalue weighted by atomic mass is 10.0. The molecule has 0 aliphatic heterocycles. The predicted octanol–water partition coefficient (Wildman–Crippen LogP) is 4.37. The van der Waals surface area contributed by atoms with Crippen LogP contribution in [0.1, 0.15) is 15.9 Å². The summed E-state index contributed by atoms with van der Waals surface area (Å²) in [6.45, 7) is 0.379. The van der Waals surface area contributed by atoms with Crippen LogP contribution in [0.15, 0.2) is 67.0 Å². The van der Waals surface area contributed by atoms with Gasteiger partial charge in [-0.2, -0.15) is 0 Å². The lowest BCUT2D eigenvalue weighted by molar-refractivity contribution is 0.0952. The van der Waals surface area contributed by atoms with Gasteiger partial charge in [0.2, 0.25) is 0 Å². The van der Waals surface area contributed by atoms with Gasteiger partial charge in [-0.1, -0.05) is 48.0 Å². The van der Waals surface area contributed by atoms with E-state index in [4.69, 9.17) is 11.6 Å². The van der Waals surface area contributed by atoms with E-state index < -0.39 is 0 Å². The molecule has 4 aromatic rings. The quantitative estimate of drug-likeness (QED) is 0.442. The molecule has 0 unspecified atom stereocenters. The van der Waals surface area contributed by atoms with Crippen molar-refractivity contribution in [1.82, 2.24) is 15.3 Å². The number of hydrogen-bond donors (Lipinski definition) is 1. The van der Waals surface area contributed by atoms with Crippen LogP contribution in [0.2, 0.25) is 5.15 Å². The lowest BCUT2D eigenvalue weighted by Crippen LogP contribution is -2.23. The van der Waals surface area contributed by atoms with Crippen molar-refractivity contribution in [2.75, 3.05) is 0 Å². The highest BCUT2D eigenvalue weighted by molar-refractivity contribution is 6.29. The van der Waals surface area contributed by atoms with Crippen molar-refractivity contribution in [3.8, 4) is 0 Å². The number of benzene rings is 2. The summed E-state index contributed by atoms with van der Waals surface area (Å²) in [6.07, 6.45) is 3.36. The van der Waals surface area contributed by atoms with Crippen LogP contribution in [-0.4, -0.2) is 15.9 Å². The third-order valence-corrected chi connectivity index (χ3v) is 4.32. The van der Waals surface area contributed by atoms with Gasteiger partial charge < -0.3 is 5.32 Å². The van der Waals surface area contributed by atoms with Crippen molar-refractivity contribution in [3.05, 3.63) is 83.3 Å². The van der Waals surface area contributed by atoms with Gasteiger partial charge >= 0.3 is 0 Å². The first-order valence-corrected chi connectivity index (χ1v) is 8.25. The number of nitrogens with zero attached hydrogens (tertiary/aromatic N) is 2. The van der Waals surface area contributed by atoms with Crippen LogP contribution in [0.4, 0.5) is 0 Å². The van der Waals surface area contributed by atoms with Crippen LogP contribution in [0.5, 0.6) is 0 Å². The molecule has 2 aromatic heterocycles. The highest BCUT2D eigenvalue weighted by atomic mass is 35.5. The highest BCUT2D eigenvalue weighted by Gasteiger charge is 2.13. The molecule has 4 nitrogen and oxygen atoms in total. The van der Waals surface area contributed by atoms with Crippen LogP contribution in [-0.2, 0) is 6.54 Å². The summed E-state index contributed by atoms with van der Waals surface area (Å²) in [5, 5.41) is 6.43. The van der Waals surface area contributed by atoms with E-state index in [1.807, 2.05) is 48.5 Å². The maximum Gasteiger partial charge on any atom is 0.253 e. The molecular weight excluding hydrogens is 334 g/mol. The molecule has 0 saturated carbocycles. The summed E-state index contributed by atoms with van der Waals surface area (Å²) in [4.78, 5) is 21.2. The number of aromatic nitrogens is 2. The van der Waals surface area contributed by atoms with Gasteiger partial charge in [0, 0.05) is 24.3 Å². The summed E-state index contributed by atoms with van der Waals surface area (Å²) in [5.74, 6) is -0.163. The van der Waals surface area contributed by atoms with Crippen LogP contribution in [0, 0.1) is 0 Å². The molecule has 1 N–H and O–H groups in total. The minimum absolute atomic E-state index is 0.163. The zero-order valence-electron chi connectivity index (χ0n) is 13.2. The van der Waals surface area contributed by atoms with Crippen molar-refractivity contribution < 1.29 is 4.79 Å². The summed E-state index contributed by atoms with van der Waals surface area (Å²) in [7, 11) is 0. The Morgan fingerprint density at radius 3 is 2.68 bits per heavy atom. The molecule has 0 aliphatic rings. The van der Waals surface area contributed by atoms with Crippen molar-refractivity contribution in [2.45, 2.75) is 6.54 Å². The Balaban J connectivity index is 1.71. The van der Waals surface area contributed by atoms with E-state index in [0.29, 0.717) is 22.8 Å². The zero-order valence-corrected chi connectivity index (χ0v) is 14.0. The van der Waals surface area contributed by atoms with Gasteiger partial charge in [0.25, 0.3) is 5.91 Å². The number of fused-ring (bicyclic) bond motifs is 3. The van der Waals surface area contributed by atoms with Gasteiger partial charge in [0.1, 0.15) is 5.15 Å². The van der Waals surface area contributed by atoms with Gasteiger partial charge in [-0.3, -0.25) is 9.78 Å². The van der Waals surface area contributed by atoms with Crippen LogP contribution in [0.3, 0.4) is 0 Å². The molecule has 2 aromatic carbocycles. The fourth-order valence-electron chi connectivity index (χ4n) is 2.89. The number of hydrogen-bond acceptors (Lipinski definition) is 3. The topological polar surface area (TPSA) is 54.9 Å². The molecule has 0 aliphatic carbocycles.